The molecule has 126 valence electrons. The molecule has 6 nitrogen and oxygen atoms in total. The summed E-state index contributed by atoms with van der Waals surface area (Å²) in [5.74, 6) is 0. The molecule has 0 aliphatic heterocycles. The largest absolute Gasteiger partial charge is 3.00 e. The Bertz CT molecular complexity index is 818. The summed E-state index contributed by atoms with van der Waals surface area (Å²) in [5.41, 5.74) is 0. The fraction of sp³-hybridized carbons (Fsp3) is 0. The second kappa shape index (κ2) is 12.4. The Labute approximate surface area is 170 Å². The number of hydrogen-bond donors (Lipinski definition) is 0. The number of hydrogen-bond acceptors (Lipinski definition) is 6. The Morgan fingerprint density at radius 1 is 0.520 bits per heavy atom. The third-order valence-electron chi connectivity index (χ3n) is 2.37. The molecule has 0 saturated heterocycles. The van der Waals surface area contributed by atoms with Gasteiger partial charge in [-0.1, -0.05) is 54.9 Å². The van der Waals surface area contributed by atoms with Crippen LogP contribution in [0.4, 0.5) is 0 Å². The third kappa shape index (κ3) is 9.19. The number of rotatable bonds is 0. The molecule has 3 aromatic heterocycles. The molecule has 0 saturated carbocycles. The Balaban J connectivity index is 0.000000339. The number of nitrogens with zero attached hydrogens (tertiary/aromatic N) is 3. The molecule has 25 heavy (non-hydrogen) atoms. The van der Waals surface area contributed by atoms with E-state index in [4.69, 9.17) is 0 Å². The molecular weight excluding hydrogens is 393 g/mol. The smallest absolute Gasteiger partial charge is 0.805 e. The van der Waals surface area contributed by atoms with E-state index in [-0.39, 0.29) is 17.4 Å². The van der Waals surface area contributed by atoms with E-state index in [2.05, 4.69) is 36.7 Å². The fourth-order valence-electron chi connectivity index (χ4n) is 1.24. The van der Waals surface area contributed by atoms with E-state index in [1.54, 1.807) is 54.6 Å². The maximum Gasteiger partial charge on any atom is 3.00 e. The van der Waals surface area contributed by atoms with Gasteiger partial charge in [0.1, 0.15) is 13.9 Å². The summed E-state index contributed by atoms with van der Waals surface area (Å²) in [5, 5.41) is 31.3. The molecule has 0 unspecified atom stereocenters. The normalized spacial score (nSPS) is 8.64. The molecule has 0 amide bonds. The molecule has 0 N–H and O–H groups in total. The third-order valence-corrected chi connectivity index (χ3v) is 3.31. The van der Waals surface area contributed by atoms with Crippen LogP contribution in [-0.2, 0) is 0 Å². The summed E-state index contributed by atoms with van der Waals surface area (Å²) in [7, 11) is 0. The van der Waals surface area contributed by atoms with Gasteiger partial charge in [-0.3, -0.25) is 0 Å². The molecule has 10 heteroatoms. The first-order valence-corrected chi connectivity index (χ1v) is 7.70. The number of pyridine rings is 3. The van der Waals surface area contributed by atoms with E-state index in [9.17, 15) is 15.6 Å². The van der Waals surface area contributed by atoms with Crippen molar-refractivity contribution in [2.45, 2.75) is 0 Å². The minimum absolute atomic E-state index is 0. The summed E-state index contributed by atoms with van der Waals surface area (Å²) in [6.07, 6.45) is 4.13. The van der Waals surface area contributed by atoms with E-state index < -0.39 is 0 Å². The maximum absolute atomic E-state index is 10.4. The molecule has 0 aliphatic carbocycles. The van der Waals surface area contributed by atoms with Crippen LogP contribution in [0.2, 0.25) is 0 Å². The zero-order valence-corrected chi connectivity index (χ0v) is 16.4. The van der Waals surface area contributed by atoms with Crippen LogP contribution in [0.15, 0.2) is 73.2 Å². The fourth-order valence-corrected chi connectivity index (χ4v) is 1.66. The van der Waals surface area contributed by atoms with Gasteiger partial charge in [-0.15, -0.1) is 0 Å². The van der Waals surface area contributed by atoms with Gasteiger partial charge in [-0.25, -0.2) is 0 Å². The van der Waals surface area contributed by atoms with Gasteiger partial charge in [0.25, 0.3) is 0 Å². The van der Waals surface area contributed by atoms with Gasteiger partial charge in [0, 0.05) is 0 Å². The predicted octanol–water partition coefficient (Wildman–Crippen LogP) is 4.31. The minimum atomic E-state index is 0. The standard InChI is InChI=1S/3C5H4NOS.Al/c3*7-6-4-2-1-3-5(6)8;/h3*1-4H;/q3*-1;+3. The van der Waals surface area contributed by atoms with E-state index >= 15 is 0 Å². The van der Waals surface area contributed by atoms with Crippen molar-refractivity contribution >= 4 is 54.0 Å². The average molecular weight is 405 g/mol. The van der Waals surface area contributed by atoms with Crippen LogP contribution in [0, 0.1) is 29.5 Å². The Hall–Kier alpha value is -1.96. The predicted molar refractivity (Wildman–Crippen MR) is 108 cm³/mol. The molecule has 0 spiro atoms. The van der Waals surface area contributed by atoms with E-state index in [1.807, 2.05) is 0 Å². The van der Waals surface area contributed by atoms with Crippen LogP contribution >= 0.6 is 36.7 Å². The molecule has 0 aromatic carbocycles. The van der Waals surface area contributed by atoms with Crippen molar-refractivity contribution in [3.05, 3.63) is 103 Å². The molecule has 3 aromatic rings. The SMILES string of the molecule is [Al+3].[O-]n1ccccc1=S.[O-]n1ccccc1=S.[O-]n1ccccc1=S. The van der Waals surface area contributed by atoms with Crippen molar-refractivity contribution in [1.82, 2.24) is 14.2 Å². The Morgan fingerprint density at radius 2 is 0.760 bits per heavy atom. The molecule has 0 radical (unpaired) electrons. The zero-order chi connectivity index (χ0) is 17.9. The summed E-state index contributed by atoms with van der Waals surface area (Å²) in [4.78, 5) is 0. The van der Waals surface area contributed by atoms with E-state index in [0.717, 1.165) is 0 Å². The molecule has 3 rings (SSSR count). The molecule has 0 fully saturated rings. The zero-order valence-electron chi connectivity index (χ0n) is 12.8. The quantitative estimate of drug-likeness (QED) is 0.409. The first-order chi connectivity index (χ1) is 11.4. The van der Waals surface area contributed by atoms with Crippen molar-refractivity contribution < 1.29 is 0 Å². The van der Waals surface area contributed by atoms with Crippen molar-refractivity contribution in [2.24, 2.45) is 0 Å². The summed E-state index contributed by atoms with van der Waals surface area (Å²) in [6, 6.07) is 14.9. The first kappa shape index (κ1) is 23.0. The summed E-state index contributed by atoms with van der Waals surface area (Å²) < 4.78 is 2.88. The van der Waals surface area contributed by atoms with Crippen molar-refractivity contribution in [1.29, 1.82) is 0 Å². The second-order valence-electron chi connectivity index (χ2n) is 4.09. The minimum Gasteiger partial charge on any atom is -0.805 e. The van der Waals surface area contributed by atoms with Gasteiger partial charge in [0.2, 0.25) is 0 Å². The average Bonchev–Trinajstić information content (AvgIpc) is 2.57. The van der Waals surface area contributed by atoms with Crippen LogP contribution < -0.4 is 0 Å². The van der Waals surface area contributed by atoms with Crippen LogP contribution in [0.5, 0.6) is 0 Å². The van der Waals surface area contributed by atoms with Crippen molar-refractivity contribution in [2.75, 3.05) is 0 Å². The van der Waals surface area contributed by atoms with E-state index in [1.165, 1.54) is 18.6 Å². The Kier molecular flexibility index (Phi) is 11.4. The van der Waals surface area contributed by atoms with Gasteiger partial charge >= 0.3 is 17.4 Å². The van der Waals surface area contributed by atoms with Crippen molar-refractivity contribution in [3.63, 3.8) is 0 Å². The van der Waals surface area contributed by atoms with Crippen LogP contribution in [0.3, 0.4) is 0 Å². The molecular formula is C15H12AlN3O3S3. The topological polar surface area (TPSA) is 84.0 Å². The van der Waals surface area contributed by atoms with Gasteiger partial charge < -0.3 is 29.8 Å². The van der Waals surface area contributed by atoms with Gasteiger partial charge in [-0.05, 0) is 55.0 Å². The van der Waals surface area contributed by atoms with E-state index in [0.29, 0.717) is 28.1 Å². The molecule has 0 atom stereocenters. The summed E-state index contributed by atoms with van der Waals surface area (Å²) in [6.45, 7) is 0. The van der Waals surface area contributed by atoms with Gasteiger partial charge in [0.05, 0.1) is 0 Å². The van der Waals surface area contributed by atoms with Crippen LogP contribution in [-0.4, -0.2) is 31.6 Å². The van der Waals surface area contributed by atoms with Gasteiger partial charge in [0.15, 0.2) is 0 Å². The van der Waals surface area contributed by atoms with Crippen LogP contribution in [0.1, 0.15) is 0 Å². The maximum atomic E-state index is 10.4. The molecule has 3 heterocycles. The van der Waals surface area contributed by atoms with Crippen molar-refractivity contribution in [3.8, 4) is 0 Å². The molecule has 0 aliphatic rings. The molecule has 0 bridgehead atoms. The van der Waals surface area contributed by atoms with Gasteiger partial charge in [-0.2, -0.15) is 0 Å². The number of aromatic nitrogens is 3. The van der Waals surface area contributed by atoms with Crippen LogP contribution in [0.25, 0.3) is 0 Å². The Morgan fingerprint density at radius 3 is 0.880 bits per heavy atom. The monoisotopic (exact) mass is 405 g/mol. The first-order valence-electron chi connectivity index (χ1n) is 6.47. The summed E-state index contributed by atoms with van der Waals surface area (Å²) >= 11 is 13.8. The second-order valence-corrected chi connectivity index (χ2v) is 5.35.